The van der Waals surface area contributed by atoms with Crippen LogP contribution in [0.2, 0.25) is 0 Å². The topological polar surface area (TPSA) is 28.2 Å². The molecule has 1 saturated heterocycles. The van der Waals surface area contributed by atoms with E-state index in [-0.39, 0.29) is 6.04 Å². The van der Waals surface area contributed by atoms with Crippen molar-refractivity contribution in [1.82, 2.24) is 4.98 Å². The van der Waals surface area contributed by atoms with Gasteiger partial charge in [0.25, 0.3) is 0 Å². The molecule has 0 bridgehead atoms. The standard InChI is InChI=1S/C21H23N3S/c1-16(17-7-3-2-4-8-17)22-21-23-20(15-25-21)18-9-11-19(12-10-18)24-13-5-6-14-24/h2-4,7-12,15-16H,5-6,13-14H2,1H3,(H,22,23). The lowest BCUT2D eigenvalue weighted by molar-refractivity contribution is 0.882. The Bertz CT molecular complexity index is 805. The van der Waals surface area contributed by atoms with Crippen LogP contribution in [0.15, 0.2) is 60.0 Å². The molecule has 1 atom stereocenters. The van der Waals surface area contributed by atoms with E-state index >= 15 is 0 Å². The maximum Gasteiger partial charge on any atom is 0.183 e. The normalized spacial score (nSPS) is 15.3. The van der Waals surface area contributed by atoms with E-state index in [2.05, 4.69) is 71.1 Å². The van der Waals surface area contributed by atoms with Crippen molar-refractivity contribution in [2.24, 2.45) is 0 Å². The highest BCUT2D eigenvalue weighted by Gasteiger charge is 2.13. The number of thiazole rings is 1. The van der Waals surface area contributed by atoms with Crippen LogP contribution in [0.5, 0.6) is 0 Å². The summed E-state index contributed by atoms with van der Waals surface area (Å²) in [4.78, 5) is 7.22. The van der Waals surface area contributed by atoms with Gasteiger partial charge in [0.05, 0.1) is 11.7 Å². The van der Waals surface area contributed by atoms with Crippen LogP contribution in [0.3, 0.4) is 0 Å². The molecule has 3 nitrogen and oxygen atoms in total. The Kier molecular flexibility index (Phi) is 4.70. The van der Waals surface area contributed by atoms with Gasteiger partial charge in [0.2, 0.25) is 0 Å². The highest BCUT2D eigenvalue weighted by molar-refractivity contribution is 7.14. The largest absolute Gasteiger partial charge is 0.372 e. The van der Waals surface area contributed by atoms with Crippen molar-refractivity contribution in [2.75, 3.05) is 23.3 Å². The molecule has 0 amide bonds. The van der Waals surface area contributed by atoms with Crippen molar-refractivity contribution >= 4 is 22.2 Å². The van der Waals surface area contributed by atoms with Gasteiger partial charge >= 0.3 is 0 Å². The summed E-state index contributed by atoms with van der Waals surface area (Å²) < 4.78 is 0. The molecule has 1 aromatic heterocycles. The monoisotopic (exact) mass is 349 g/mol. The summed E-state index contributed by atoms with van der Waals surface area (Å²) in [6.45, 7) is 4.53. The molecule has 3 aromatic rings. The van der Waals surface area contributed by atoms with E-state index in [9.17, 15) is 0 Å². The van der Waals surface area contributed by atoms with Crippen LogP contribution in [-0.4, -0.2) is 18.1 Å². The van der Waals surface area contributed by atoms with Crippen molar-refractivity contribution in [3.63, 3.8) is 0 Å². The molecule has 0 radical (unpaired) electrons. The van der Waals surface area contributed by atoms with E-state index < -0.39 is 0 Å². The van der Waals surface area contributed by atoms with Crippen LogP contribution >= 0.6 is 11.3 Å². The first-order valence-electron chi connectivity index (χ1n) is 8.92. The summed E-state index contributed by atoms with van der Waals surface area (Å²) >= 11 is 1.66. The molecule has 0 saturated carbocycles. The minimum Gasteiger partial charge on any atom is -0.372 e. The smallest absolute Gasteiger partial charge is 0.183 e. The molecule has 2 aromatic carbocycles. The van der Waals surface area contributed by atoms with Gasteiger partial charge in [-0.25, -0.2) is 4.98 Å². The predicted octanol–water partition coefficient (Wildman–Crippen LogP) is 5.58. The highest BCUT2D eigenvalue weighted by Crippen LogP contribution is 2.29. The minimum absolute atomic E-state index is 0.248. The molecule has 1 unspecified atom stereocenters. The zero-order chi connectivity index (χ0) is 17.1. The Morgan fingerprint density at radius 1 is 1.00 bits per heavy atom. The third kappa shape index (κ3) is 3.69. The summed E-state index contributed by atoms with van der Waals surface area (Å²) in [6.07, 6.45) is 2.62. The second kappa shape index (κ2) is 7.28. The van der Waals surface area contributed by atoms with Crippen LogP contribution < -0.4 is 10.2 Å². The van der Waals surface area contributed by atoms with Crippen LogP contribution in [0.25, 0.3) is 11.3 Å². The van der Waals surface area contributed by atoms with Gasteiger partial charge in [-0.1, -0.05) is 42.5 Å². The Hall–Kier alpha value is -2.33. The molecule has 2 heterocycles. The molecular weight excluding hydrogens is 326 g/mol. The molecule has 1 aliphatic heterocycles. The maximum absolute atomic E-state index is 4.77. The van der Waals surface area contributed by atoms with E-state index in [1.165, 1.54) is 42.7 Å². The lowest BCUT2D eigenvalue weighted by Gasteiger charge is -2.17. The average molecular weight is 350 g/mol. The van der Waals surface area contributed by atoms with Crippen molar-refractivity contribution in [1.29, 1.82) is 0 Å². The van der Waals surface area contributed by atoms with Crippen LogP contribution in [0, 0.1) is 0 Å². The van der Waals surface area contributed by atoms with Crippen LogP contribution in [0.4, 0.5) is 10.8 Å². The van der Waals surface area contributed by atoms with E-state index in [0.29, 0.717) is 0 Å². The number of anilines is 2. The van der Waals surface area contributed by atoms with Gasteiger partial charge in [-0.3, -0.25) is 0 Å². The first kappa shape index (κ1) is 16.2. The molecular formula is C21H23N3S. The van der Waals surface area contributed by atoms with Crippen molar-refractivity contribution in [3.05, 3.63) is 65.5 Å². The fraction of sp³-hybridized carbons (Fsp3) is 0.286. The number of aromatic nitrogens is 1. The van der Waals surface area contributed by atoms with Gasteiger partial charge in [0, 0.05) is 29.7 Å². The fourth-order valence-electron chi connectivity index (χ4n) is 3.30. The molecule has 1 N–H and O–H groups in total. The SMILES string of the molecule is CC(Nc1nc(-c2ccc(N3CCCC3)cc2)cs1)c1ccccc1. The minimum atomic E-state index is 0.248. The number of hydrogen-bond acceptors (Lipinski definition) is 4. The van der Waals surface area contributed by atoms with Gasteiger partial charge in [0.1, 0.15) is 0 Å². The van der Waals surface area contributed by atoms with E-state index in [0.717, 1.165) is 10.8 Å². The number of benzene rings is 2. The molecule has 4 heteroatoms. The molecule has 1 fully saturated rings. The van der Waals surface area contributed by atoms with Gasteiger partial charge < -0.3 is 10.2 Å². The Morgan fingerprint density at radius 3 is 2.44 bits per heavy atom. The third-order valence-corrected chi connectivity index (χ3v) is 5.55. The van der Waals surface area contributed by atoms with Crippen LogP contribution in [-0.2, 0) is 0 Å². The maximum atomic E-state index is 4.77. The quantitative estimate of drug-likeness (QED) is 0.651. The predicted molar refractivity (Wildman–Crippen MR) is 107 cm³/mol. The van der Waals surface area contributed by atoms with E-state index in [1.807, 2.05) is 6.07 Å². The third-order valence-electron chi connectivity index (χ3n) is 4.78. The van der Waals surface area contributed by atoms with Gasteiger partial charge in [0.15, 0.2) is 5.13 Å². The van der Waals surface area contributed by atoms with E-state index in [4.69, 9.17) is 4.98 Å². The Morgan fingerprint density at radius 2 is 1.72 bits per heavy atom. The lowest BCUT2D eigenvalue weighted by atomic mass is 10.1. The van der Waals surface area contributed by atoms with Crippen molar-refractivity contribution < 1.29 is 0 Å². The second-order valence-electron chi connectivity index (χ2n) is 6.56. The first-order chi connectivity index (χ1) is 12.3. The molecule has 4 rings (SSSR count). The second-order valence-corrected chi connectivity index (χ2v) is 7.41. The summed E-state index contributed by atoms with van der Waals surface area (Å²) in [5.41, 5.74) is 4.82. The highest BCUT2D eigenvalue weighted by atomic mass is 32.1. The van der Waals surface area contributed by atoms with Gasteiger partial charge in [-0.2, -0.15) is 0 Å². The molecule has 0 spiro atoms. The van der Waals surface area contributed by atoms with E-state index in [1.54, 1.807) is 11.3 Å². The molecule has 128 valence electrons. The molecule has 1 aliphatic rings. The average Bonchev–Trinajstić information content (AvgIpc) is 3.35. The Labute approximate surface area is 153 Å². The Balaban J connectivity index is 1.45. The van der Waals surface area contributed by atoms with Crippen molar-refractivity contribution in [2.45, 2.75) is 25.8 Å². The van der Waals surface area contributed by atoms with Crippen molar-refractivity contribution in [3.8, 4) is 11.3 Å². The zero-order valence-electron chi connectivity index (χ0n) is 14.5. The van der Waals surface area contributed by atoms with Gasteiger partial charge in [-0.15, -0.1) is 11.3 Å². The summed E-state index contributed by atoms with van der Waals surface area (Å²) in [5.74, 6) is 0. The fourth-order valence-corrected chi connectivity index (χ4v) is 4.11. The summed E-state index contributed by atoms with van der Waals surface area (Å²) in [6, 6.07) is 19.5. The summed E-state index contributed by atoms with van der Waals surface area (Å²) in [7, 11) is 0. The summed E-state index contributed by atoms with van der Waals surface area (Å²) in [5, 5.41) is 6.60. The van der Waals surface area contributed by atoms with Crippen LogP contribution in [0.1, 0.15) is 31.4 Å². The number of rotatable bonds is 5. The lowest BCUT2D eigenvalue weighted by Crippen LogP contribution is -2.17. The number of nitrogens with one attached hydrogen (secondary N) is 1. The zero-order valence-corrected chi connectivity index (χ0v) is 15.3. The molecule has 25 heavy (non-hydrogen) atoms. The van der Waals surface area contributed by atoms with Gasteiger partial charge in [-0.05, 0) is 37.5 Å². The first-order valence-corrected chi connectivity index (χ1v) is 9.80. The number of hydrogen-bond donors (Lipinski definition) is 1. The number of nitrogens with zero attached hydrogens (tertiary/aromatic N) is 2. The molecule has 0 aliphatic carbocycles.